The first-order valence-corrected chi connectivity index (χ1v) is 23.3. The van der Waals surface area contributed by atoms with Crippen LogP contribution in [0.15, 0.2) is 224 Å². The summed E-state index contributed by atoms with van der Waals surface area (Å²) in [6, 6.07) is 81.4. The first-order valence-electron chi connectivity index (χ1n) is 22.5. The zero-order chi connectivity index (χ0) is 43.3. The molecule has 0 aliphatic heterocycles. The molecule has 10 aromatic carbocycles. The molecule has 0 atom stereocenters. The zero-order valence-corrected chi connectivity index (χ0v) is 36.4. The number of nitrogens with zero attached hydrogens (tertiary/aromatic N) is 3. The molecule has 4 heteroatoms. The molecule has 3 nitrogen and oxygen atoms in total. The lowest BCUT2D eigenvalue weighted by molar-refractivity contribution is 0.794. The average molecular weight is 856 g/mol. The molecule has 2 heterocycles. The van der Waals surface area contributed by atoms with Gasteiger partial charge in [0.2, 0.25) is 0 Å². The molecule has 0 radical (unpaired) electrons. The first kappa shape index (κ1) is 37.1. The summed E-state index contributed by atoms with van der Waals surface area (Å²) < 4.78 is 2.57. The fourth-order valence-corrected chi connectivity index (χ4v) is 12.3. The predicted molar refractivity (Wildman–Crippen MR) is 274 cm³/mol. The van der Waals surface area contributed by atoms with E-state index in [2.05, 4.69) is 224 Å². The SMILES string of the molecule is c1cc(-c2nc(-c3ccc(-c4cccc5ccccc45)cc3)nc(-c3ccc4c(c3)-c3ccccc3C43c4ccccc4-c4ccccc43)n2)cc(-c2cccc3c2sc2ccccc23)c1. The summed E-state index contributed by atoms with van der Waals surface area (Å²) in [6.07, 6.45) is 0. The smallest absolute Gasteiger partial charge is 0.164 e. The summed E-state index contributed by atoms with van der Waals surface area (Å²) >= 11 is 1.85. The van der Waals surface area contributed by atoms with Crippen LogP contribution >= 0.6 is 11.3 Å². The van der Waals surface area contributed by atoms with Gasteiger partial charge in [-0.1, -0.05) is 206 Å². The van der Waals surface area contributed by atoms with E-state index < -0.39 is 5.41 Å². The van der Waals surface area contributed by atoms with Crippen LogP contribution in [-0.2, 0) is 5.41 Å². The van der Waals surface area contributed by atoms with Crippen LogP contribution in [0.5, 0.6) is 0 Å². The Morgan fingerprint density at radius 2 is 0.758 bits per heavy atom. The van der Waals surface area contributed by atoms with Gasteiger partial charge in [0.1, 0.15) is 0 Å². The molecule has 0 fully saturated rings. The molecule has 66 heavy (non-hydrogen) atoms. The Morgan fingerprint density at radius 3 is 1.50 bits per heavy atom. The molecule has 0 bridgehead atoms. The van der Waals surface area contributed by atoms with Crippen LogP contribution < -0.4 is 0 Å². The largest absolute Gasteiger partial charge is 0.208 e. The average Bonchev–Trinajstić information content (AvgIpc) is 4.03. The van der Waals surface area contributed by atoms with Crippen molar-refractivity contribution in [1.29, 1.82) is 0 Å². The van der Waals surface area contributed by atoms with E-state index in [-0.39, 0.29) is 0 Å². The van der Waals surface area contributed by atoms with Gasteiger partial charge >= 0.3 is 0 Å². The Bertz CT molecular complexity index is 3900. The van der Waals surface area contributed by atoms with Crippen molar-refractivity contribution in [2.45, 2.75) is 5.41 Å². The van der Waals surface area contributed by atoms with E-state index in [0.29, 0.717) is 17.5 Å². The van der Waals surface area contributed by atoms with E-state index in [1.54, 1.807) is 0 Å². The van der Waals surface area contributed by atoms with Crippen molar-refractivity contribution in [1.82, 2.24) is 15.0 Å². The predicted octanol–water partition coefficient (Wildman–Crippen LogP) is 16.1. The minimum atomic E-state index is -0.420. The number of benzene rings is 10. The van der Waals surface area contributed by atoms with Gasteiger partial charge in [0.05, 0.1) is 5.41 Å². The fourth-order valence-electron chi connectivity index (χ4n) is 11.1. The number of rotatable bonds is 5. The van der Waals surface area contributed by atoms with E-state index in [1.165, 1.54) is 86.6 Å². The molecule has 14 rings (SSSR count). The number of aromatic nitrogens is 3. The van der Waals surface area contributed by atoms with Crippen molar-refractivity contribution in [3.05, 3.63) is 247 Å². The molecular formula is C62H37N3S. The van der Waals surface area contributed by atoms with E-state index >= 15 is 0 Å². The molecule has 0 saturated heterocycles. The molecule has 0 amide bonds. The maximum atomic E-state index is 5.35. The van der Waals surface area contributed by atoms with Crippen LogP contribution in [0.3, 0.4) is 0 Å². The fraction of sp³-hybridized carbons (Fsp3) is 0.0161. The summed E-state index contributed by atoms with van der Waals surface area (Å²) in [7, 11) is 0. The minimum Gasteiger partial charge on any atom is -0.208 e. The summed E-state index contributed by atoms with van der Waals surface area (Å²) in [5.41, 5.74) is 17.4. The highest BCUT2D eigenvalue weighted by atomic mass is 32.1. The molecule has 306 valence electrons. The van der Waals surface area contributed by atoms with Gasteiger partial charge in [0, 0.05) is 36.9 Å². The maximum Gasteiger partial charge on any atom is 0.164 e. The Labute approximate surface area is 386 Å². The lowest BCUT2D eigenvalue weighted by Crippen LogP contribution is -2.25. The molecule has 2 aromatic heterocycles. The third-order valence-corrected chi connectivity index (χ3v) is 15.2. The molecular weight excluding hydrogens is 819 g/mol. The first-order chi connectivity index (χ1) is 32.7. The highest BCUT2D eigenvalue weighted by Gasteiger charge is 2.51. The molecule has 0 unspecified atom stereocenters. The second-order valence-corrected chi connectivity index (χ2v) is 18.5. The van der Waals surface area contributed by atoms with Crippen LogP contribution in [0.1, 0.15) is 22.3 Å². The Kier molecular flexibility index (Phi) is 8.07. The van der Waals surface area contributed by atoms with Crippen molar-refractivity contribution in [2.75, 3.05) is 0 Å². The standard InChI is InChI=1S/C62H37N3S/c1-2-18-44-38(14-1)15-12-23-45(44)39-30-32-40(33-31-39)59-63-60(42-17-11-16-41(36-42)46-24-13-25-51-50-22-6-10-29-57(50)66-58(46)51)65-61(64-59)43-34-35-56-52(37-43)49-21-5-9-28-55(49)62(56)53-26-7-3-19-47(53)48-20-4-8-27-54(48)62/h1-37H. The zero-order valence-electron chi connectivity index (χ0n) is 35.6. The van der Waals surface area contributed by atoms with Crippen molar-refractivity contribution in [3.63, 3.8) is 0 Å². The van der Waals surface area contributed by atoms with Gasteiger partial charge in [-0.05, 0) is 95.7 Å². The van der Waals surface area contributed by atoms with Crippen molar-refractivity contribution < 1.29 is 0 Å². The molecule has 1 spiro atoms. The highest BCUT2D eigenvalue weighted by Crippen LogP contribution is 2.63. The Morgan fingerprint density at radius 1 is 0.288 bits per heavy atom. The third-order valence-electron chi connectivity index (χ3n) is 14.0. The number of fused-ring (bicyclic) bond motifs is 14. The lowest BCUT2D eigenvalue weighted by atomic mass is 9.70. The Balaban J connectivity index is 0.945. The van der Waals surface area contributed by atoms with E-state index in [1.807, 2.05) is 11.3 Å². The van der Waals surface area contributed by atoms with Gasteiger partial charge in [0.25, 0.3) is 0 Å². The number of thiophene rings is 1. The van der Waals surface area contributed by atoms with Gasteiger partial charge < -0.3 is 0 Å². The van der Waals surface area contributed by atoms with Crippen LogP contribution in [0.4, 0.5) is 0 Å². The monoisotopic (exact) mass is 855 g/mol. The number of hydrogen-bond donors (Lipinski definition) is 0. The number of hydrogen-bond acceptors (Lipinski definition) is 4. The normalized spacial score (nSPS) is 13.0. The second kappa shape index (κ2) is 14.3. The highest BCUT2D eigenvalue weighted by molar-refractivity contribution is 7.26. The van der Waals surface area contributed by atoms with Crippen LogP contribution in [0, 0.1) is 0 Å². The van der Waals surface area contributed by atoms with E-state index in [4.69, 9.17) is 15.0 Å². The van der Waals surface area contributed by atoms with Crippen molar-refractivity contribution >= 4 is 42.3 Å². The summed E-state index contributed by atoms with van der Waals surface area (Å²) in [5, 5.41) is 5.02. The second-order valence-electron chi connectivity index (χ2n) is 17.4. The van der Waals surface area contributed by atoms with Gasteiger partial charge in [-0.25, -0.2) is 15.0 Å². The molecule has 12 aromatic rings. The summed E-state index contributed by atoms with van der Waals surface area (Å²) in [4.78, 5) is 16.0. The van der Waals surface area contributed by atoms with Crippen LogP contribution in [0.2, 0.25) is 0 Å². The molecule has 0 saturated carbocycles. The lowest BCUT2D eigenvalue weighted by Gasteiger charge is -2.30. The summed E-state index contributed by atoms with van der Waals surface area (Å²) in [5.74, 6) is 1.90. The van der Waals surface area contributed by atoms with Crippen molar-refractivity contribution in [2.24, 2.45) is 0 Å². The molecule has 2 aliphatic rings. The van der Waals surface area contributed by atoms with Gasteiger partial charge in [0.15, 0.2) is 17.5 Å². The summed E-state index contributed by atoms with van der Waals surface area (Å²) in [6.45, 7) is 0. The third kappa shape index (κ3) is 5.40. The van der Waals surface area contributed by atoms with Gasteiger partial charge in [-0.2, -0.15) is 0 Å². The van der Waals surface area contributed by atoms with Crippen LogP contribution in [-0.4, -0.2) is 15.0 Å². The van der Waals surface area contributed by atoms with E-state index in [9.17, 15) is 0 Å². The minimum absolute atomic E-state index is 0.420. The van der Waals surface area contributed by atoms with Crippen molar-refractivity contribution in [3.8, 4) is 78.7 Å². The maximum absolute atomic E-state index is 5.35. The van der Waals surface area contributed by atoms with Gasteiger partial charge in [-0.15, -0.1) is 11.3 Å². The van der Waals surface area contributed by atoms with Gasteiger partial charge in [-0.3, -0.25) is 0 Å². The molecule has 0 N–H and O–H groups in total. The molecule has 2 aliphatic carbocycles. The topological polar surface area (TPSA) is 38.7 Å². The van der Waals surface area contributed by atoms with Crippen LogP contribution in [0.25, 0.3) is 110 Å². The Hall–Kier alpha value is -8.31. The van der Waals surface area contributed by atoms with E-state index in [0.717, 1.165) is 27.8 Å². The quantitative estimate of drug-likeness (QED) is 0.173.